The van der Waals surface area contributed by atoms with Crippen molar-refractivity contribution in [3.63, 3.8) is 0 Å². The second kappa shape index (κ2) is 5.31. The van der Waals surface area contributed by atoms with Crippen molar-refractivity contribution >= 4 is 35.0 Å². The highest BCUT2D eigenvalue weighted by atomic mass is 35.5. The molecule has 0 atom stereocenters. The number of nitrogens with zero attached hydrogens (tertiary/aromatic N) is 3. The maximum absolute atomic E-state index is 6.00. The van der Waals surface area contributed by atoms with Gasteiger partial charge < -0.3 is 10.6 Å². The summed E-state index contributed by atoms with van der Waals surface area (Å²) in [6.07, 6.45) is 6.34. The van der Waals surface area contributed by atoms with Crippen molar-refractivity contribution in [3.8, 4) is 0 Å². The number of nitrogens with two attached hydrogens (primary N) is 1. The fourth-order valence-corrected chi connectivity index (χ4v) is 2.23. The molecular formula is C14H12Cl2N4. The van der Waals surface area contributed by atoms with Gasteiger partial charge in [0.25, 0.3) is 0 Å². The molecule has 0 spiro atoms. The summed E-state index contributed by atoms with van der Waals surface area (Å²) in [5.41, 5.74) is 7.88. The monoisotopic (exact) mass is 306 g/mol. The van der Waals surface area contributed by atoms with Crippen LogP contribution in [0.3, 0.4) is 0 Å². The average Bonchev–Trinajstić information content (AvgIpc) is 2.35. The molecule has 0 saturated carbocycles. The van der Waals surface area contributed by atoms with Crippen LogP contribution in [-0.2, 0) is 6.42 Å². The second-order valence-corrected chi connectivity index (χ2v) is 5.36. The third kappa shape index (κ3) is 2.57. The summed E-state index contributed by atoms with van der Waals surface area (Å²) in [4.78, 5) is 10.6. The number of anilines is 2. The van der Waals surface area contributed by atoms with Crippen molar-refractivity contribution in [2.24, 2.45) is 0 Å². The molecule has 0 fully saturated rings. The van der Waals surface area contributed by atoms with E-state index in [1.165, 1.54) is 0 Å². The summed E-state index contributed by atoms with van der Waals surface area (Å²) >= 11 is 11.9. The van der Waals surface area contributed by atoms with E-state index in [2.05, 4.69) is 9.97 Å². The minimum Gasteiger partial charge on any atom is -0.383 e. The number of benzene rings is 1. The molecule has 0 aliphatic carbocycles. The second-order valence-electron chi connectivity index (χ2n) is 4.54. The third-order valence-electron chi connectivity index (χ3n) is 3.11. The highest BCUT2D eigenvalue weighted by molar-refractivity contribution is 6.42. The molecule has 1 aliphatic rings. The lowest BCUT2D eigenvalue weighted by molar-refractivity contribution is 0.922. The molecule has 0 amide bonds. The van der Waals surface area contributed by atoms with E-state index in [0.717, 1.165) is 17.7 Å². The Kier molecular flexibility index (Phi) is 3.51. The van der Waals surface area contributed by atoms with Gasteiger partial charge >= 0.3 is 0 Å². The van der Waals surface area contributed by atoms with E-state index in [9.17, 15) is 0 Å². The Labute approximate surface area is 126 Å². The van der Waals surface area contributed by atoms with E-state index in [0.29, 0.717) is 28.2 Å². The minimum atomic E-state index is 0.487. The summed E-state index contributed by atoms with van der Waals surface area (Å²) in [7, 11) is 0. The van der Waals surface area contributed by atoms with E-state index in [1.54, 1.807) is 12.3 Å². The first kappa shape index (κ1) is 13.2. The van der Waals surface area contributed by atoms with Crippen molar-refractivity contribution in [2.45, 2.75) is 6.42 Å². The summed E-state index contributed by atoms with van der Waals surface area (Å²) < 4.78 is 0. The zero-order valence-electron chi connectivity index (χ0n) is 10.6. The Bertz CT molecular complexity index is 685. The minimum absolute atomic E-state index is 0.487. The van der Waals surface area contributed by atoms with Crippen LogP contribution in [0.15, 0.2) is 36.7 Å². The van der Waals surface area contributed by atoms with Crippen LogP contribution in [0.25, 0.3) is 0 Å². The molecule has 0 unspecified atom stereocenters. The van der Waals surface area contributed by atoms with Gasteiger partial charge in [-0.25, -0.2) is 4.98 Å². The fourth-order valence-electron chi connectivity index (χ4n) is 1.91. The molecule has 1 aromatic carbocycles. The Morgan fingerprint density at radius 1 is 1.25 bits per heavy atom. The topological polar surface area (TPSA) is 55.0 Å². The summed E-state index contributed by atoms with van der Waals surface area (Å²) in [6.45, 7) is 0.825. The highest BCUT2D eigenvalue weighted by Gasteiger charge is 2.13. The van der Waals surface area contributed by atoms with E-state index in [-0.39, 0.29) is 0 Å². The molecule has 1 aromatic heterocycles. The fraction of sp³-hybridized carbons (Fsp3) is 0.143. The van der Waals surface area contributed by atoms with Gasteiger partial charge in [-0.05, 0) is 23.8 Å². The van der Waals surface area contributed by atoms with Crippen LogP contribution in [0.1, 0.15) is 11.1 Å². The molecule has 4 nitrogen and oxygen atoms in total. The predicted molar refractivity (Wildman–Crippen MR) is 82.2 cm³/mol. The van der Waals surface area contributed by atoms with Gasteiger partial charge in [0.15, 0.2) is 0 Å². The third-order valence-corrected chi connectivity index (χ3v) is 3.85. The molecule has 102 valence electrons. The van der Waals surface area contributed by atoms with Crippen LogP contribution in [-0.4, -0.2) is 16.5 Å². The number of nitrogen functional groups attached to an aromatic ring is 1. The lowest BCUT2D eigenvalue weighted by Crippen LogP contribution is -2.26. The lowest BCUT2D eigenvalue weighted by Gasteiger charge is -2.23. The predicted octanol–water partition coefficient (Wildman–Crippen LogP) is 3.29. The maximum atomic E-state index is 6.00. The highest BCUT2D eigenvalue weighted by Crippen LogP contribution is 2.25. The Morgan fingerprint density at radius 2 is 2.05 bits per heavy atom. The molecule has 1 aliphatic heterocycles. The zero-order valence-corrected chi connectivity index (χ0v) is 12.1. The normalized spacial score (nSPS) is 13.4. The molecule has 2 aromatic rings. The van der Waals surface area contributed by atoms with Crippen molar-refractivity contribution in [3.05, 3.63) is 57.8 Å². The number of hydrogen-bond acceptors (Lipinski definition) is 4. The van der Waals surface area contributed by atoms with Gasteiger partial charge in [-0.3, -0.25) is 0 Å². The van der Waals surface area contributed by atoms with E-state index in [4.69, 9.17) is 28.9 Å². The van der Waals surface area contributed by atoms with Gasteiger partial charge in [0, 0.05) is 30.9 Å². The van der Waals surface area contributed by atoms with E-state index < -0.39 is 0 Å². The Hall–Kier alpha value is -1.78. The first-order chi connectivity index (χ1) is 9.63. The summed E-state index contributed by atoms with van der Waals surface area (Å²) in [5.74, 6) is 1.12. The molecule has 3 rings (SSSR count). The smallest absolute Gasteiger partial charge is 0.231 e. The molecule has 2 heterocycles. The number of aromatic nitrogens is 2. The zero-order chi connectivity index (χ0) is 14.1. The Morgan fingerprint density at radius 3 is 2.65 bits per heavy atom. The van der Waals surface area contributed by atoms with Crippen molar-refractivity contribution < 1.29 is 0 Å². The molecule has 0 radical (unpaired) electrons. The Balaban J connectivity index is 1.83. The summed E-state index contributed by atoms with van der Waals surface area (Å²) in [6, 6.07) is 5.52. The van der Waals surface area contributed by atoms with E-state index >= 15 is 0 Å². The molecule has 2 N–H and O–H groups in total. The molecule has 6 heteroatoms. The van der Waals surface area contributed by atoms with Crippen molar-refractivity contribution in [1.29, 1.82) is 0 Å². The molecule has 0 bridgehead atoms. The average molecular weight is 307 g/mol. The standard InChI is InChI=1S/C14H12Cl2N4/c15-11-3-2-9(7-12(11)16)6-10-8-18-14(19-13(10)17)20-4-1-5-20/h1-4,7-8H,5-6H2,(H2,17,18,19). The van der Waals surface area contributed by atoms with Gasteiger partial charge in [0.1, 0.15) is 5.82 Å². The molecule has 20 heavy (non-hydrogen) atoms. The van der Waals surface area contributed by atoms with Crippen LogP contribution in [0, 0.1) is 0 Å². The van der Waals surface area contributed by atoms with Crippen LogP contribution in [0.2, 0.25) is 10.0 Å². The van der Waals surface area contributed by atoms with Gasteiger partial charge in [0.2, 0.25) is 5.95 Å². The van der Waals surface area contributed by atoms with Crippen molar-refractivity contribution in [1.82, 2.24) is 9.97 Å². The van der Waals surface area contributed by atoms with Crippen LogP contribution < -0.4 is 10.6 Å². The lowest BCUT2D eigenvalue weighted by atomic mass is 10.1. The van der Waals surface area contributed by atoms with Gasteiger partial charge in [-0.2, -0.15) is 4.98 Å². The number of halogens is 2. The molecular weight excluding hydrogens is 295 g/mol. The number of hydrogen-bond donors (Lipinski definition) is 1. The van der Waals surface area contributed by atoms with Crippen LogP contribution >= 0.6 is 23.2 Å². The quantitative estimate of drug-likeness (QED) is 0.945. The van der Waals surface area contributed by atoms with Crippen LogP contribution in [0.4, 0.5) is 11.8 Å². The van der Waals surface area contributed by atoms with Gasteiger partial charge in [0.05, 0.1) is 10.0 Å². The first-order valence-corrected chi connectivity index (χ1v) is 6.88. The largest absolute Gasteiger partial charge is 0.383 e. The first-order valence-electron chi connectivity index (χ1n) is 6.12. The molecule has 0 saturated heterocycles. The van der Waals surface area contributed by atoms with Crippen LogP contribution in [0.5, 0.6) is 0 Å². The van der Waals surface area contributed by atoms with Gasteiger partial charge in [-0.15, -0.1) is 0 Å². The van der Waals surface area contributed by atoms with Gasteiger partial charge in [-0.1, -0.05) is 29.3 Å². The number of rotatable bonds is 3. The van der Waals surface area contributed by atoms with E-state index in [1.807, 2.05) is 29.3 Å². The van der Waals surface area contributed by atoms with Crippen molar-refractivity contribution in [2.75, 3.05) is 17.2 Å². The summed E-state index contributed by atoms with van der Waals surface area (Å²) in [5, 5.41) is 1.07. The maximum Gasteiger partial charge on any atom is 0.231 e. The SMILES string of the molecule is Nc1nc(N2C=CC2)ncc1Cc1ccc(Cl)c(Cl)c1.